The third-order valence-electron chi connectivity index (χ3n) is 7.64. The Labute approximate surface area is 255 Å². The molecule has 1 saturated heterocycles. The highest BCUT2D eigenvalue weighted by Gasteiger charge is 2.20. The van der Waals surface area contributed by atoms with Gasteiger partial charge in [0.2, 0.25) is 5.88 Å². The fraction of sp³-hybridized carbons (Fsp3) is 0.344. The molecule has 0 saturated carbocycles. The molecule has 0 unspecified atom stereocenters. The molecule has 1 aliphatic heterocycles. The van der Waals surface area contributed by atoms with Crippen LogP contribution in [0.3, 0.4) is 0 Å². The number of anilines is 1. The van der Waals surface area contributed by atoms with Gasteiger partial charge in [0.25, 0.3) is 0 Å². The zero-order chi connectivity index (χ0) is 29.8. The van der Waals surface area contributed by atoms with Gasteiger partial charge in [-0.3, -0.25) is 9.58 Å². The SMILES string of the molecule is COc1ccc(CN2CCN(c3ccc(-c4cc(-c5cnn(CCSC(C)C)c5)cn5ncc(C#N)c45)cn3)CC2)cn1. The zero-order valence-electron chi connectivity index (χ0n) is 24.7. The highest BCUT2D eigenvalue weighted by molar-refractivity contribution is 7.99. The first kappa shape index (κ1) is 28.7. The van der Waals surface area contributed by atoms with E-state index in [1.165, 1.54) is 5.56 Å². The maximum absolute atomic E-state index is 9.81. The Morgan fingerprint density at radius 2 is 1.79 bits per heavy atom. The normalized spacial score (nSPS) is 14.0. The maximum Gasteiger partial charge on any atom is 0.212 e. The van der Waals surface area contributed by atoms with Crippen molar-refractivity contribution in [3.63, 3.8) is 0 Å². The van der Waals surface area contributed by atoms with Crippen molar-refractivity contribution >= 4 is 23.1 Å². The maximum atomic E-state index is 9.81. The molecular weight excluding hydrogens is 558 g/mol. The van der Waals surface area contributed by atoms with Crippen LogP contribution >= 0.6 is 11.8 Å². The first-order valence-electron chi connectivity index (χ1n) is 14.5. The smallest absolute Gasteiger partial charge is 0.212 e. The number of nitriles is 1. The molecule has 0 N–H and O–H groups in total. The number of rotatable bonds is 10. The van der Waals surface area contributed by atoms with Crippen LogP contribution in [-0.4, -0.2) is 78.6 Å². The van der Waals surface area contributed by atoms with Gasteiger partial charge in [0.05, 0.1) is 30.6 Å². The number of methoxy groups -OCH3 is 1. The molecule has 0 radical (unpaired) electrons. The number of hydrogen-bond acceptors (Lipinski definition) is 9. The van der Waals surface area contributed by atoms with Crippen LogP contribution in [0.15, 0.2) is 67.5 Å². The van der Waals surface area contributed by atoms with Crippen LogP contribution in [0.5, 0.6) is 5.88 Å². The number of ether oxygens (including phenoxy) is 1. The molecule has 6 rings (SSSR count). The molecule has 10 nitrogen and oxygen atoms in total. The number of fused-ring (bicyclic) bond motifs is 1. The van der Waals surface area contributed by atoms with E-state index in [1.807, 2.05) is 47.3 Å². The summed E-state index contributed by atoms with van der Waals surface area (Å²) in [5.41, 5.74) is 6.37. The largest absolute Gasteiger partial charge is 0.481 e. The van der Waals surface area contributed by atoms with Gasteiger partial charge in [0, 0.05) is 98.1 Å². The molecule has 0 atom stereocenters. The number of pyridine rings is 3. The van der Waals surface area contributed by atoms with Gasteiger partial charge in [-0.05, 0) is 29.0 Å². The standard InChI is InChI=1S/C32H35N9OS/c1-23(2)43-13-12-40-21-28(19-36-40)26-14-29(32-27(15-33)18-37-41(32)22-26)25-5-6-30(34-17-25)39-10-8-38(9-11-39)20-24-4-7-31(42-3)35-16-24/h4-7,14,16-19,21-23H,8-13,20H2,1-3H3. The molecule has 6 heterocycles. The van der Waals surface area contributed by atoms with Crippen LogP contribution in [0.2, 0.25) is 0 Å². The second-order valence-corrected chi connectivity index (χ2v) is 12.6. The highest BCUT2D eigenvalue weighted by atomic mass is 32.2. The van der Waals surface area contributed by atoms with Crippen LogP contribution in [0.1, 0.15) is 25.0 Å². The van der Waals surface area contributed by atoms with Crippen molar-refractivity contribution in [3.05, 3.63) is 78.6 Å². The average molecular weight is 594 g/mol. The van der Waals surface area contributed by atoms with Crippen molar-refractivity contribution in [2.24, 2.45) is 0 Å². The van der Waals surface area contributed by atoms with Gasteiger partial charge in [0.1, 0.15) is 11.9 Å². The van der Waals surface area contributed by atoms with Gasteiger partial charge in [-0.1, -0.05) is 19.9 Å². The highest BCUT2D eigenvalue weighted by Crippen LogP contribution is 2.32. The monoisotopic (exact) mass is 593 g/mol. The third kappa shape index (κ3) is 6.50. The lowest BCUT2D eigenvalue weighted by Crippen LogP contribution is -2.46. The van der Waals surface area contributed by atoms with Gasteiger partial charge in [-0.15, -0.1) is 0 Å². The summed E-state index contributed by atoms with van der Waals surface area (Å²) in [6, 6.07) is 12.6. The number of piperazine rings is 1. The zero-order valence-corrected chi connectivity index (χ0v) is 25.5. The third-order valence-corrected chi connectivity index (χ3v) is 8.72. The Hall–Kier alpha value is -4.40. The van der Waals surface area contributed by atoms with Crippen molar-refractivity contribution in [2.75, 3.05) is 43.9 Å². The molecule has 5 aromatic heterocycles. The van der Waals surface area contributed by atoms with Crippen LogP contribution < -0.4 is 9.64 Å². The van der Waals surface area contributed by atoms with E-state index in [1.54, 1.807) is 17.8 Å². The lowest BCUT2D eigenvalue weighted by molar-refractivity contribution is 0.249. The lowest BCUT2D eigenvalue weighted by atomic mass is 10.0. The Morgan fingerprint density at radius 1 is 0.930 bits per heavy atom. The topological polar surface area (TPSA) is 100 Å². The van der Waals surface area contributed by atoms with Gasteiger partial charge in [-0.25, -0.2) is 14.5 Å². The van der Waals surface area contributed by atoms with E-state index >= 15 is 0 Å². The van der Waals surface area contributed by atoms with Crippen LogP contribution in [-0.2, 0) is 13.1 Å². The summed E-state index contributed by atoms with van der Waals surface area (Å²) in [6.45, 7) is 9.84. The van der Waals surface area contributed by atoms with Crippen molar-refractivity contribution < 1.29 is 4.74 Å². The van der Waals surface area contributed by atoms with E-state index in [-0.39, 0.29) is 0 Å². The minimum absolute atomic E-state index is 0.537. The number of thioether (sulfide) groups is 1. The van der Waals surface area contributed by atoms with E-state index in [4.69, 9.17) is 9.72 Å². The van der Waals surface area contributed by atoms with Crippen LogP contribution in [0.25, 0.3) is 27.8 Å². The van der Waals surface area contributed by atoms with Crippen LogP contribution in [0.4, 0.5) is 5.82 Å². The number of nitrogens with zero attached hydrogens (tertiary/aromatic N) is 9. The Kier molecular flexibility index (Phi) is 8.58. The fourth-order valence-electron chi connectivity index (χ4n) is 5.35. The molecule has 220 valence electrons. The minimum atomic E-state index is 0.537. The van der Waals surface area contributed by atoms with E-state index in [0.717, 1.165) is 78.6 Å². The number of aryl methyl sites for hydroxylation is 1. The summed E-state index contributed by atoms with van der Waals surface area (Å²) < 4.78 is 8.95. The molecule has 5 aromatic rings. The predicted octanol–water partition coefficient (Wildman–Crippen LogP) is 5.00. The summed E-state index contributed by atoms with van der Waals surface area (Å²) in [5, 5.41) is 19.5. The van der Waals surface area contributed by atoms with Gasteiger partial charge in [0.15, 0.2) is 0 Å². The van der Waals surface area contributed by atoms with Gasteiger partial charge in [-0.2, -0.15) is 27.2 Å². The van der Waals surface area contributed by atoms with E-state index < -0.39 is 0 Å². The number of hydrogen-bond donors (Lipinski definition) is 0. The molecule has 1 fully saturated rings. The molecule has 0 aromatic carbocycles. The molecular formula is C32H35N9OS. The summed E-state index contributed by atoms with van der Waals surface area (Å²) >= 11 is 1.93. The average Bonchev–Trinajstić information content (AvgIpc) is 3.69. The van der Waals surface area contributed by atoms with Crippen molar-refractivity contribution in [3.8, 4) is 34.2 Å². The van der Waals surface area contributed by atoms with Crippen molar-refractivity contribution in [1.82, 2.24) is 34.3 Å². The molecule has 1 aliphatic rings. The fourth-order valence-corrected chi connectivity index (χ4v) is 6.11. The lowest BCUT2D eigenvalue weighted by Gasteiger charge is -2.35. The first-order chi connectivity index (χ1) is 21.0. The Bertz CT molecular complexity index is 1710. The van der Waals surface area contributed by atoms with Gasteiger partial charge < -0.3 is 9.64 Å². The predicted molar refractivity (Wildman–Crippen MR) is 170 cm³/mol. The minimum Gasteiger partial charge on any atom is -0.481 e. The first-order valence-corrected chi connectivity index (χ1v) is 15.5. The molecule has 11 heteroatoms. The molecule has 0 bridgehead atoms. The van der Waals surface area contributed by atoms with E-state index in [9.17, 15) is 5.26 Å². The second-order valence-electron chi connectivity index (χ2n) is 10.9. The second kappa shape index (κ2) is 12.9. The molecule has 0 amide bonds. The summed E-state index contributed by atoms with van der Waals surface area (Å²) in [7, 11) is 1.63. The Balaban J connectivity index is 1.18. The van der Waals surface area contributed by atoms with E-state index in [0.29, 0.717) is 16.7 Å². The quantitative estimate of drug-likeness (QED) is 0.221. The number of aromatic nitrogens is 6. The molecule has 0 spiro atoms. The van der Waals surface area contributed by atoms with Crippen molar-refractivity contribution in [1.29, 1.82) is 5.26 Å². The van der Waals surface area contributed by atoms with E-state index in [2.05, 4.69) is 75.4 Å². The molecule has 0 aliphatic carbocycles. The van der Waals surface area contributed by atoms with Gasteiger partial charge >= 0.3 is 0 Å². The summed E-state index contributed by atoms with van der Waals surface area (Å²) in [6.07, 6.45) is 11.4. The van der Waals surface area contributed by atoms with Crippen LogP contribution in [0, 0.1) is 11.3 Å². The summed E-state index contributed by atoms with van der Waals surface area (Å²) in [4.78, 5) is 13.9. The Morgan fingerprint density at radius 3 is 2.49 bits per heavy atom. The summed E-state index contributed by atoms with van der Waals surface area (Å²) in [5.74, 6) is 2.60. The van der Waals surface area contributed by atoms with Crippen molar-refractivity contribution in [2.45, 2.75) is 32.2 Å². The molecule has 43 heavy (non-hydrogen) atoms.